The summed E-state index contributed by atoms with van der Waals surface area (Å²) in [7, 11) is 0. The van der Waals surface area contributed by atoms with E-state index in [4.69, 9.17) is 17.3 Å². The van der Waals surface area contributed by atoms with E-state index in [9.17, 15) is 14.0 Å². The van der Waals surface area contributed by atoms with Crippen molar-refractivity contribution in [1.29, 1.82) is 0 Å². The second-order valence-electron chi connectivity index (χ2n) is 10.4. The summed E-state index contributed by atoms with van der Waals surface area (Å²) in [6, 6.07) is 35.2. The summed E-state index contributed by atoms with van der Waals surface area (Å²) in [5.41, 5.74) is 6.56. The Hall–Kier alpha value is -5.67. The van der Waals surface area contributed by atoms with Crippen molar-refractivity contribution in [2.45, 2.75) is 13.8 Å². The van der Waals surface area contributed by atoms with Crippen LogP contribution >= 0.6 is 12.2 Å². The number of benzene rings is 4. The quantitative estimate of drug-likeness (QED) is 0.145. The Morgan fingerprint density at radius 3 is 2.00 bits per heavy atom. The molecular formula is C36H28FN5O2S. The fourth-order valence-electron chi connectivity index (χ4n) is 5.23. The highest BCUT2D eigenvalue weighted by Crippen LogP contribution is 2.31. The lowest BCUT2D eigenvalue weighted by Crippen LogP contribution is -2.34. The fourth-order valence-corrected chi connectivity index (χ4v) is 5.43. The van der Waals surface area contributed by atoms with Crippen LogP contribution in [-0.4, -0.2) is 31.2 Å². The molecular weight excluding hydrogens is 585 g/mol. The smallest absolute Gasteiger partial charge is 0.257 e. The third kappa shape index (κ3) is 6.20. The van der Waals surface area contributed by atoms with Crippen LogP contribution < -0.4 is 10.6 Å². The number of rotatable bonds is 7. The Kier molecular flexibility index (Phi) is 8.18. The van der Waals surface area contributed by atoms with Gasteiger partial charge in [-0.15, -0.1) is 0 Å². The van der Waals surface area contributed by atoms with E-state index >= 15 is 0 Å². The number of nitrogens with one attached hydrogen (secondary N) is 2. The number of nitrogens with zero attached hydrogens (tertiary/aromatic N) is 3. The van der Waals surface area contributed by atoms with Gasteiger partial charge >= 0.3 is 0 Å². The molecule has 6 aromatic rings. The van der Waals surface area contributed by atoms with Gasteiger partial charge < -0.3 is 9.88 Å². The number of carbonyl (C=O) groups is 2. The molecule has 0 aliphatic carbocycles. The van der Waals surface area contributed by atoms with Gasteiger partial charge in [-0.25, -0.2) is 9.07 Å². The van der Waals surface area contributed by atoms with Crippen LogP contribution in [0.1, 0.15) is 37.7 Å². The highest BCUT2D eigenvalue weighted by Gasteiger charge is 2.19. The summed E-state index contributed by atoms with van der Waals surface area (Å²) in [6.45, 7) is 3.98. The van der Waals surface area contributed by atoms with Gasteiger partial charge in [-0.05, 0) is 80.7 Å². The molecule has 9 heteroatoms. The van der Waals surface area contributed by atoms with Crippen molar-refractivity contribution in [3.63, 3.8) is 0 Å². The van der Waals surface area contributed by atoms with Gasteiger partial charge in [0.15, 0.2) is 10.9 Å². The van der Waals surface area contributed by atoms with Crippen LogP contribution in [0.4, 0.5) is 10.2 Å². The molecule has 0 radical (unpaired) electrons. The Balaban J connectivity index is 1.24. The lowest BCUT2D eigenvalue weighted by Gasteiger charge is -2.12. The van der Waals surface area contributed by atoms with Crippen LogP contribution in [0.5, 0.6) is 0 Å². The zero-order valence-corrected chi connectivity index (χ0v) is 25.3. The van der Waals surface area contributed by atoms with Crippen LogP contribution in [0.25, 0.3) is 22.6 Å². The van der Waals surface area contributed by atoms with E-state index < -0.39 is 5.91 Å². The molecule has 2 aromatic heterocycles. The second-order valence-corrected chi connectivity index (χ2v) is 10.8. The van der Waals surface area contributed by atoms with E-state index in [0.29, 0.717) is 28.2 Å². The highest BCUT2D eigenvalue weighted by molar-refractivity contribution is 7.80. The molecule has 0 bridgehead atoms. The zero-order chi connectivity index (χ0) is 31.5. The van der Waals surface area contributed by atoms with Gasteiger partial charge in [-0.2, -0.15) is 5.10 Å². The average molecular weight is 614 g/mol. The number of aryl methyl sites for hydroxylation is 1. The van der Waals surface area contributed by atoms with Gasteiger partial charge in [0.1, 0.15) is 11.6 Å². The van der Waals surface area contributed by atoms with Crippen LogP contribution in [-0.2, 0) is 0 Å². The summed E-state index contributed by atoms with van der Waals surface area (Å²) in [4.78, 5) is 25.8. The lowest BCUT2D eigenvalue weighted by molar-refractivity contribution is 0.0975. The second kappa shape index (κ2) is 12.5. The van der Waals surface area contributed by atoms with Crippen molar-refractivity contribution < 1.29 is 14.0 Å². The van der Waals surface area contributed by atoms with Gasteiger partial charge in [0.2, 0.25) is 0 Å². The number of aromatic nitrogens is 3. The number of hydrogen-bond donors (Lipinski definition) is 2. The lowest BCUT2D eigenvalue weighted by atomic mass is 10.0. The Morgan fingerprint density at radius 2 is 1.33 bits per heavy atom. The van der Waals surface area contributed by atoms with Crippen LogP contribution in [0.2, 0.25) is 0 Å². The highest BCUT2D eigenvalue weighted by atomic mass is 32.1. The van der Waals surface area contributed by atoms with E-state index in [1.807, 2.05) is 79.1 Å². The van der Waals surface area contributed by atoms with Gasteiger partial charge in [0.05, 0.1) is 11.4 Å². The molecule has 6 rings (SSSR count). The van der Waals surface area contributed by atoms with Gasteiger partial charge in [-0.3, -0.25) is 14.9 Å². The van der Waals surface area contributed by atoms with Crippen molar-refractivity contribution >= 4 is 34.8 Å². The fraction of sp³-hybridized carbons (Fsp3) is 0.0556. The van der Waals surface area contributed by atoms with E-state index in [2.05, 4.69) is 10.6 Å². The predicted molar refractivity (Wildman–Crippen MR) is 178 cm³/mol. The monoisotopic (exact) mass is 613 g/mol. The van der Waals surface area contributed by atoms with E-state index in [1.165, 1.54) is 12.1 Å². The predicted octanol–water partition coefficient (Wildman–Crippen LogP) is 7.44. The third-order valence-corrected chi connectivity index (χ3v) is 7.62. The SMILES string of the molecule is Cc1cc(-c2cc(NC(=S)NC(=O)c3ccc(C(=O)c4ccccc4)cc3)n(-c3ccccc3)n2)c(C)n1-c1ccc(F)cc1. The van der Waals surface area contributed by atoms with Crippen molar-refractivity contribution in [1.82, 2.24) is 19.7 Å². The first kappa shape index (κ1) is 29.4. The normalized spacial score (nSPS) is 10.8. The van der Waals surface area contributed by atoms with E-state index in [-0.39, 0.29) is 16.7 Å². The number of thiocarbonyl (C=S) groups is 1. The number of halogens is 1. The molecule has 4 aromatic carbocycles. The molecule has 45 heavy (non-hydrogen) atoms. The standard InChI is InChI=1S/C36H28FN5O2S/c1-23-21-31(24(2)41(23)29-19-17-28(37)18-20-29)32-22-33(42(40-32)30-11-7-4-8-12-30)38-36(45)39-35(44)27-15-13-26(14-16-27)34(43)25-9-5-3-6-10-25/h3-22H,1-2H3,(H2,38,39,44,45). The zero-order valence-electron chi connectivity index (χ0n) is 24.5. The third-order valence-electron chi connectivity index (χ3n) is 7.42. The minimum absolute atomic E-state index is 0.0878. The molecule has 0 atom stereocenters. The molecule has 0 fully saturated rings. The summed E-state index contributed by atoms with van der Waals surface area (Å²) in [5, 5.41) is 10.8. The molecule has 0 aliphatic rings. The topological polar surface area (TPSA) is 80.9 Å². The van der Waals surface area contributed by atoms with Crippen LogP contribution in [0, 0.1) is 19.7 Å². The molecule has 0 saturated heterocycles. The number of anilines is 1. The molecule has 0 spiro atoms. The first-order valence-electron chi connectivity index (χ1n) is 14.2. The van der Waals surface area contributed by atoms with Gasteiger partial charge in [0.25, 0.3) is 5.91 Å². The molecule has 2 heterocycles. The first-order valence-corrected chi connectivity index (χ1v) is 14.6. The molecule has 0 aliphatic heterocycles. The average Bonchev–Trinajstić information content (AvgIpc) is 3.61. The van der Waals surface area contributed by atoms with Gasteiger partial charge in [0, 0.05) is 45.4 Å². The maximum atomic E-state index is 13.6. The Morgan fingerprint density at radius 1 is 0.733 bits per heavy atom. The summed E-state index contributed by atoms with van der Waals surface area (Å²) in [6.07, 6.45) is 0. The number of ketones is 1. The van der Waals surface area contributed by atoms with E-state index in [0.717, 1.165) is 28.3 Å². The van der Waals surface area contributed by atoms with Gasteiger partial charge in [-0.1, -0.05) is 60.7 Å². The number of hydrogen-bond acceptors (Lipinski definition) is 4. The Labute approximate surface area is 265 Å². The van der Waals surface area contributed by atoms with Crippen molar-refractivity contribution in [3.8, 4) is 22.6 Å². The van der Waals surface area contributed by atoms with Crippen LogP contribution in [0.15, 0.2) is 121 Å². The van der Waals surface area contributed by atoms with Crippen molar-refractivity contribution in [2.75, 3.05) is 5.32 Å². The summed E-state index contributed by atoms with van der Waals surface area (Å²) in [5.74, 6) is -0.280. The summed E-state index contributed by atoms with van der Waals surface area (Å²) < 4.78 is 17.4. The molecule has 0 saturated carbocycles. The minimum atomic E-state index is -0.417. The molecule has 222 valence electrons. The first-order chi connectivity index (χ1) is 21.8. The number of para-hydroxylation sites is 1. The summed E-state index contributed by atoms with van der Waals surface area (Å²) >= 11 is 5.53. The number of amides is 1. The van der Waals surface area contributed by atoms with E-state index in [1.54, 1.807) is 53.2 Å². The molecule has 7 nitrogen and oxygen atoms in total. The molecule has 0 unspecified atom stereocenters. The minimum Gasteiger partial charge on any atom is -0.318 e. The molecule has 1 amide bonds. The van der Waals surface area contributed by atoms with Crippen molar-refractivity contribution in [2.24, 2.45) is 0 Å². The number of carbonyl (C=O) groups excluding carboxylic acids is 2. The molecule has 2 N–H and O–H groups in total. The largest absolute Gasteiger partial charge is 0.318 e. The maximum Gasteiger partial charge on any atom is 0.257 e. The van der Waals surface area contributed by atoms with Crippen molar-refractivity contribution in [3.05, 3.63) is 155 Å². The maximum absolute atomic E-state index is 13.6. The Bertz CT molecular complexity index is 2020. The van der Waals surface area contributed by atoms with Crippen LogP contribution in [0.3, 0.4) is 0 Å².